The van der Waals surface area contributed by atoms with Gasteiger partial charge in [-0.15, -0.1) is 0 Å². The van der Waals surface area contributed by atoms with E-state index in [1.54, 1.807) is 13.0 Å². The molecule has 6 heterocycles. The highest BCUT2D eigenvalue weighted by Gasteiger charge is 2.63. The Morgan fingerprint density at radius 1 is 1.04 bits per heavy atom. The van der Waals surface area contributed by atoms with Crippen LogP contribution in [0.1, 0.15) is 38.2 Å². The number of carboxylic acid groups (broad SMARTS) is 1. The SMILES string of the molecule is CC(O)C1C(=O)N2C(C(=O)O)=C3C(CCCC3N3c4ccc(C[N+]56CC[N+](CCCO)(CC5)CC6)c5cccc(c45)S3(=O)=O)C12. The van der Waals surface area contributed by atoms with Crippen molar-refractivity contribution in [2.24, 2.45) is 11.8 Å². The second-order valence-corrected chi connectivity index (χ2v) is 16.1. The molecule has 6 aliphatic heterocycles. The highest BCUT2D eigenvalue weighted by molar-refractivity contribution is 7.93. The number of sulfonamides is 1. The van der Waals surface area contributed by atoms with Crippen molar-refractivity contribution in [3.8, 4) is 0 Å². The normalized spacial score (nSPS) is 35.0. The predicted molar refractivity (Wildman–Crippen MR) is 165 cm³/mol. The van der Waals surface area contributed by atoms with Gasteiger partial charge in [-0.25, -0.2) is 13.2 Å². The molecule has 11 nitrogen and oxygen atoms in total. The third-order valence-electron chi connectivity index (χ3n) is 12.2. The highest BCUT2D eigenvalue weighted by atomic mass is 32.2. The number of benzene rings is 2. The molecule has 7 aliphatic rings. The van der Waals surface area contributed by atoms with Gasteiger partial charge in [0, 0.05) is 29.9 Å². The number of anilines is 1. The number of carbonyl (C=O) groups excluding carboxylic acids is 1. The number of carbonyl (C=O) groups is 2. The molecule has 0 spiro atoms. The van der Waals surface area contributed by atoms with Crippen LogP contribution in [0.4, 0.5) is 5.69 Å². The summed E-state index contributed by atoms with van der Waals surface area (Å²) in [6.45, 7) is 10.2. The summed E-state index contributed by atoms with van der Waals surface area (Å²) >= 11 is 0. The number of hydrogen-bond acceptors (Lipinski definition) is 6. The zero-order valence-corrected chi connectivity index (χ0v) is 26.5. The summed E-state index contributed by atoms with van der Waals surface area (Å²) in [7, 11) is -4.00. The van der Waals surface area contributed by atoms with Gasteiger partial charge in [0.2, 0.25) is 5.91 Å². The molecule has 0 radical (unpaired) electrons. The van der Waals surface area contributed by atoms with Crippen LogP contribution in [0.25, 0.3) is 10.8 Å². The van der Waals surface area contributed by atoms with Gasteiger partial charge in [0.15, 0.2) is 0 Å². The summed E-state index contributed by atoms with van der Waals surface area (Å²) in [6.07, 6.45) is 1.72. The summed E-state index contributed by atoms with van der Waals surface area (Å²) in [5.74, 6) is -2.63. The second kappa shape index (κ2) is 9.98. The number of aliphatic hydroxyl groups is 2. The van der Waals surface area contributed by atoms with E-state index in [9.17, 15) is 33.3 Å². The first-order valence-corrected chi connectivity index (χ1v) is 17.9. The Morgan fingerprint density at radius 2 is 1.76 bits per heavy atom. The van der Waals surface area contributed by atoms with Crippen molar-refractivity contribution in [2.45, 2.75) is 62.2 Å². The lowest BCUT2D eigenvalue weighted by molar-refractivity contribution is -1.09. The number of piperazine rings is 3. The quantitative estimate of drug-likeness (QED) is 0.296. The van der Waals surface area contributed by atoms with E-state index < -0.39 is 46.0 Å². The highest BCUT2D eigenvalue weighted by Crippen LogP contribution is 2.56. The maximum absolute atomic E-state index is 14.4. The maximum Gasteiger partial charge on any atom is 0.352 e. The van der Waals surface area contributed by atoms with E-state index in [0.29, 0.717) is 35.9 Å². The van der Waals surface area contributed by atoms with Gasteiger partial charge in [-0.1, -0.05) is 24.6 Å². The molecule has 1 saturated carbocycles. The first kappa shape index (κ1) is 29.4. The smallest absolute Gasteiger partial charge is 0.352 e. The third kappa shape index (κ3) is 3.98. The van der Waals surface area contributed by atoms with Crippen molar-refractivity contribution < 1.29 is 42.3 Å². The minimum atomic E-state index is -4.00. The fourth-order valence-corrected chi connectivity index (χ4v) is 11.8. The molecule has 5 fully saturated rings. The lowest BCUT2D eigenvalue weighted by Gasteiger charge is -2.55. The molecule has 45 heavy (non-hydrogen) atoms. The number of amides is 1. The molecule has 1 aliphatic carbocycles. The van der Waals surface area contributed by atoms with Crippen molar-refractivity contribution in [1.29, 1.82) is 0 Å². The molecule has 12 heteroatoms. The van der Waals surface area contributed by atoms with E-state index in [0.717, 1.165) is 78.7 Å². The summed E-state index contributed by atoms with van der Waals surface area (Å²) in [6, 6.07) is 8.30. The summed E-state index contributed by atoms with van der Waals surface area (Å²) in [4.78, 5) is 27.3. The van der Waals surface area contributed by atoms with E-state index in [1.807, 2.05) is 18.2 Å². The molecule has 3 N–H and O–H groups in total. The lowest BCUT2D eigenvalue weighted by atomic mass is 9.71. The van der Waals surface area contributed by atoms with Crippen LogP contribution < -0.4 is 4.31 Å². The number of aliphatic carboxylic acids is 1. The Labute approximate surface area is 263 Å². The number of aliphatic hydroxyl groups excluding tert-OH is 2. The molecular formula is C33H42N4O7S+2. The third-order valence-corrected chi connectivity index (χ3v) is 14.0. The topological polar surface area (TPSA) is 135 Å². The van der Waals surface area contributed by atoms with E-state index in [1.165, 1.54) is 9.21 Å². The van der Waals surface area contributed by atoms with Crippen molar-refractivity contribution in [3.63, 3.8) is 0 Å². The van der Waals surface area contributed by atoms with Crippen LogP contribution in [0.3, 0.4) is 0 Å². The predicted octanol–water partition coefficient (Wildman–Crippen LogP) is 1.62. The maximum atomic E-state index is 14.4. The van der Waals surface area contributed by atoms with Gasteiger partial charge in [0.25, 0.3) is 10.0 Å². The Morgan fingerprint density at radius 3 is 2.42 bits per heavy atom. The van der Waals surface area contributed by atoms with Gasteiger partial charge in [-0.3, -0.25) is 9.10 Å². The summed E-state index contributed by atoms with van der Waals surface area (Å²) in [5, 5.41) is 31.7. The zero-order chi connectivity index (χ0) is 31.5. The molecule has 4 saturated heterocycles. The lowest BCUT2D eigenvalue weighted by Crippen LogP contribution is -2.74. The van der Waals surface area contributed by atoms with Gasteiger partial charge in [0.1, 0.15) is 51.5 Å². The summed E-state index contributed by atoms with van der Waals surface area (Å²) in [5.41, 5.74) is 2.12. The average Bonchev–Trinajstić information content (AvgIpc) is 3.45. The molecule has 2 aromatic rings. The fraction of sp³-hybridized carbons (Fsp3) is 0.576. The van der Waals surface area contributed by atoms with Crippen LogP contribution >= 0.6 is 0 Å². The molecular weight excluding hydrogens is 596 g/mol. The Bertz CT molecular complexity index is 1750. The van der Waals surface area contributed by atoms with E-state index in [4.69, 9.17) is 0 Å². The number of nitrogens with zero attached hydrogens (tertiary/aromatic N) is 4. The largest absolute Gasteiger partial charge is 0.477 e. The zero-order valence-electron chi connectivity index (χ0n) is 25.6. The van der Waals surface area contributed by atoms with E-state index in [2.05, 4.69) is 6.07 Å². The standard InChI is InChI=1S/C33H41N4O7S/c1-20(39)27-30-23-6-2-7-24(29(23)31(33(41)42)34(30)32(27)40)35-25-10-9-21(22-5-3-8-26(28(22)25)45(35,43)44)19-37-15-12-36(13-16-37,14-17-37)11-4-18-38/h3,5,8-10,20,23-24,27,30,38-39H,2,4,6-7,11-19H2,1H3/q+1/p+1. The molecule has 5 unspecified atom stereocenters. The number of carboxylic acids is 1. The number of quaternary nitrogens is 2. The van der Waals surface area contributed by atoms with Crippen LogP contribution in [0, 0.1) is 11.8 Å². The van der Waals surface area contributed by atoms with Crippen LogP contribution in [-0.2, 0) is 26.2 Å². The Kier molecular flexibility index (Phi) is 6.52. The van der Waals surface area contributed by atoms with Gasteiger partial charge >= 0.3 is 5.97 Å². The number of β-lactam (4-membered cyclic amide) rings is 1. The minimum absolute atomic E-state index is 0.102. The average molecular weight is 639 g/mol. The van der Waals surface area contributed by atoms with E-state index >= 15 is 0 Å². The van der Waals surface area contributed by atoms with Crippen molar-refractivity contribution >= 4 is 38.4 Å². The van der Waals surface area contributed by atoms with E-state index in [-0.39, 0.29) is 23.1 Å². The monoisotopic (exact) mass is 638 g/mol. The molecule has 240 valence electrons. The number of hydrogen-bond donors (Lipinski definition) is 3. The molecule has 0 aromatic heterocycles. The molecule has 2 aromatic carbocycles. The first-order valence-electron chi connectivity index (χ1n) is 16.4. The summed E-state index contributed by atoms with van der Waals surface area (Å²) < 4.78 is 32.3. The first-order chi connectivity index (χ1) is 21.5. The fourth-order valence-electron chi connectivity index (χ4n) is 9.91. The van der Waals surface area contributed by atoms with Crippen LogP contribution in [0.5, 0.6) is 0 Å². The molecule has 5 atom stereocenters. The van der Waals surface area contributed by atoms with Gasteiger partial charge in [0.05, 0.1) is 41.2 Å². The van der Waals surface area contributed by atoms with Gasteiger partial charge in [-0.05, 0) is 42.9 Å². The van der Waals surface area contributed by atoms with Crippen molar-refractivity contribution in [3.05, 3.63) is 47.2 Å². The van der Waals surface area contributed by atoms with Crippen LogP contribution in [0.15, 0.2) is 46.5 Å². The number of rotatable bonds is 8. The van der Waals surface area contributed by atoms with Crippen molar-refractivity contribution in [2.75, 3.05) is 56.7 Å². The minimum Gasteiger partial charge on any atom is -0.477 e. The molecule has 2 bridgehead atoms. The van der Waals surface area contributed by atoms with Gasteiger partial charge in [-0.2, -0.15) is 0 Å². The second-order valence-electron chi connectivity index (χ2n) is 14.3. The Balaban J connectivity index is 1.17. The molecule has 1 amide bonds. The molecule has 9 rings (SSSR count). The number of fused-ring (bicyclic) bond motifs is 6. The van der Waals surface area contributed by atoms with Crippen LogP contribution in [0.2, 0.25) is 0 Å². The van der Waals surface area contributed by atoms with Crippen LogP contribution in [-0.4, -0.2) is 120 Å². The van der Waals surface area contributed by atoms with Gasteiger partial charge < -0.3 is 29.2 Å². The van der Waals surface area contributed by atoms with Crippen molar-refractivity contribution in [1.82, 2.24) is 4.90 Å². The Hall–Kier alpha value is -3.03.